The fourth-order valence-electron chi connectivity index (χ4n) is 4.73. The Kier molecular flexibility index (Phi) is 7.25. The van der Waals surface area contributed by atoms with E-state index in [0.717, 1.165) is 46.9 Å². The van der Waals surface area contributed by atoms with Crippen molar-refractivity contribution in [3.05, 3.63) is 87.0 Å². The highest BCUT2D eigenvalue weighted by atomic mass is 32.2. The second-order valence-electron chi connectivity index (χ2n) is 10.1. The minimum atomic E-state index is -4.25. The number of aryl methyl sites for hydroxylation is 1. The van der Waals surface area contributed by atoms with Crippen molar-refractivity contribution in [2.45, 2.75) is 37.5 Å². The van der Waals surface area contributed by atoms with Crippen LogP contribution in [-0.2, 0) is 22.9 Å². The van der Waals surface area contributed by atoms with E-state index >= 15 is 0 Å². The normalized spacial score (nSPS) is 13.5. The van der Waals surface area contributed by atoms with Crippen molar-refractivity contribution in [3.63, 3.8) is 0 Å². The van der Waals surface area contributed by atoms with Crippen LogP contribution in [-0.4, -0.2) is 39.2 Å². The molecule has 0 radical (unpaired) electrons. The second-order valence-corrected chi connectivity index (χ2v) is 13.7. The Bertz CT molecular complexity index is 1960. The van der Waals surface area contributed by atoms with Crippen LogP contribution in [0.3, 0.4) is 0 Å². The summed E-state index contributed by atoms with van der Waals surface area (Å²) in [5.74, 6) is -2.20. The molecule has 1 fully saturated rings. The van der Waals surface area contributed by atoms with Crippen LogP contribution in [0.15, 0.2) is 52.9 Å². The van der Waals surface area contributed by atoms with Crippen LogP contribution in [0.25, 0.3) is 27.0 Å². The maximum Gasteiger partial charge on any atom is 0.355 e. The maximum atomic E-state index is 15.0. The highest BCUT2D eigenvalue weighted by molar-refractivity contribution is 7.89. The Balaban J connectivity index is 1.54. The summed E-state index contributed by atoms with van der Waals surface area (Å²) in [6.45, 7) is 1.88. The quantitative estimate of drug-likeness (QED) is 0.217. The number of carboxylic acids is 1. The lowest BCUT2D eigenvalue weighted by molar-refractivity contribution is 0.0691. The third-order valence-corrected chi connectivity index (χ3v) is 9.64. The van der Waals surface area contributed by atoms with E-state index in [4.69, 9.17) is 10.2 Å². The topological polar surface area (TPSA) is 141 Å². The number of nitrogens with zero attached hydrogens (tertiary/aromatic N) is 4. The van der Waals surface area contributed by atoms with Gasteiger partial charge in [0.25, 0.3) is 0 Å². The summed E-state index contributed by atoms with van der Waals surface area (Å²) in [5.41, 5.74) is 3.22. The lowest BCUT2D eigenvalue weighted by Gasteiger charge is -2.10. The average Bonchev–Trinajstić information content (AvgIpc) is 3.27. The molecule has 2 aromatic carbocycles. The molecule has 3 heterocycles. The summed E-state index contributed by atoms with van der Waals surface area (Å²) in [5, 5.41) is 21.8. The molecule has 0 saturated heterocycles. The number of thiazole rings is 2. The fraction of sp³-hybridized carbons (Fsp3) is 0.214. The standard InChI is InChI=1S/C28H23F2N5O4S3/c1-14-12-32-26(41-14)18-11-17(5-6-20(18)29)25-19(8-16-4-7-24(21(30)9-16)42(31,38)39)23(10-15-2-3-15)35(34-25)28-33-22(13-40-28)27(36)37/h4-7,9,11-13,15H,2-3,8,10H2,1H3,(H,36,37)(H2,31,38,39). The van der Waals surface area contributed by atoms with Crippen LogP contribution in [0.2, 0.25) is 0 Å². The van der Waals surface area contributed by atoms with Gasteiger partial charge in [0.05, 0.1) is 11.4 Å². The molecule has 0 amide bonds. The number of primary sulfonamides is 1. The molecule has 0 spiro atoms. The van der Waals surface area contributed by atoms with Gasteiger partial charge in [-0.15, -0.1) is 22.7 Å². The van der Waals surface area contributed by atoms with Crippen molar-refractivity contribution in [1.82, 2.24) is 19.7 Å². The number of sulfonamides is 1. The average molecular weight is 628 g/mol. The molecule has 5 aromatic rings. The molecule has 3 N–H and O–H groups in total. The summed E-state index contributed by atoms with van der Waals surface area (Å²) in [6.07, 6.45) is 4.48. The molecular formula is C28H23F2N5O4S3. The van der Waals surface area contributed by atoms with Crippen LogP contribution in [0, 0.1) is 24.5 Å². The Labute approximate surface area is 247 Å². The number of benzene rings is 2. The number of hydrogen-bond acceptors (Lipinski definition) is 8. The van der Waals surface area contributed by atoms with Gasteiger partial charge in [-0.3, -0.25) is 0 Å². The summed E-state index contributed by atoms with van der Waals surface area (Å²) >= 11 is 2.48. The summed E-state index contributed by atoms with van der Waals surface area (Å²) in [7, 11) is -4.25. The van der Waals surface area contributed by atoms with Crippen molar-refractivity contribution >= 4 is 38.7 Å². The van der Waals surface area contributed by atoms with E-state index in [2.05, 4.69) is 9.97 Å². The molecule has 1 aliphatic rings. The molecule has 14 heteroatoms. The highest BCUT2D eigenvalue weighted by Gasteiger charge is 2.30. The first-order valence-electron chi connectivity index (χ1n) is 12.8. The van der Waals surface area contributed by atoms with E-state index in [-0.39, 0.29) is 12.1 Å². The molecule has 0 bridgehead atoms. The van der Waals surface area contributed by atoms with Gasteiger partial charge in [-0.2, -0.15) is 5.10 Å². The van der Waals surface area contributed by atoms with Gasteiger partial charge in [0, 0.05) is 39.6 Å². The summed E-state index contributed by atoms with van der Waals surface area (Å²) < 4.78 is 55.0. The molecule has 42 heavy (non-hydrogen) atoms. The maximum absolute atomic E-state index is 15.0. The van der Waals surface area contributed by atoms with Crippen molar-refractivity contribution in [1.29, 1.82) is 0 Å². The largest absolute Gasteiger partial charge is 0.476 e. The first-order valence-corrected chi connectivity index (χ1v) is 16.1. The van der Waals surface area contributed by atoms with E-state index in [0.29, 0.717) is 50.4 Å². The summed E-state index contributed by atoms with van der Waals surface area (Å²) in [6, 6.07) is 8.36. The van der Waals surface area contributed by atoms with E-state index in [1.54, 1.807) is 23.0 Å². The molecular weight excluding hydrogens is 605 g/mol. The number of carboxylic acid groups (broad SMARTS) is 1. The van der Waals surface area contributed by atoms with Crippen molar-refractivity contribution in [3.8, 4) is 27.0 Å². The smallest absolute Gasteiger partial charge is 0.355 e. The number of aromatic nitrogens is 4. The van der Waals surface area contributed by atoms with Crippen molar-refractivity contribution < 1.29 is 27.1 Å². The molecule has 6 rings (SSSR count). The molecule has 3 aromatic heterocycles. The number of nitrogens with two attached hydrogens (primary N) is 1. The van der Waals surface area contributed by atoms with Gasteiger partial charge in [0.2, 0.25) is 15.2 Å². The highest BCUT2D eigenvalue weighted by Crippen LogP contribution is 2.39. The zero-order valence-corrected chi connectivity index (χ0v) is 24.5. The third kappa shape index (κ3) is 5.62. The van der Waals surface area contributed by atoms with Crippen LogP contribution < -0.4 is 5.14 Å². The van der Waals surface area contributed by atoms with E-state index < -0.39 is 32.5 Å². The van der Waals surface area contributed by atoms with Crippen LogP contribution >= 0.6 is 22.7 Å². The van der Waals surface area contributed by atoms with E-state index in [1.165, 1.54) is 28.8 Å². The molecule has 0 unspecified atom stereocenters. The third-order valence-electron chi connectivity index (χ3n) is 6.94. The zero-order chi connectivity index (χ0) is 29.8. The predicted molar refractivity (Wildman–Crippen MR) is 154 cm³/mol. The first-order chi connectivity index (χ1) is 20.0. The van der Waals surface area contributed by atoms with Gasteiger partial charge in [-0.1, -0.05) is 6.07 Å². The SMILES string of the molecule is Cc1cnc(-c2cc(-c3nn(-c4nc(C(=O)O)cs4)c(CC4CC4)c3Cc3ccc(S(N)(=O)=O)c(F)c3)ccc2F)s1. The van der Waals surface area contributed by atoms with Crippen LogP contribution in [0.5, 0.6) is 0 Å². The number of halogens is 2. The molecule has 9 nitrogen and oxygen atoms in total. The molecule has 216 valence electrons. The van der Waals surface area contributed by atoms with Gasteiger partial charge >= 0.3 is 5.97 Å². The van der Waals surface area contributed by atoms with Crippen molar-refractivity contribution in [2.75, 3.05) is 0 Å². The van der Waals surface area contributed by atoms with Gasteiger partial charge in [0.15, 0.2) is 5.69 Å². The summed E-state index contributed by atoms with van der Waals surface area (Å²) in [4.78, 5) is 20.5. The number of aromatic carboxylic acids is 1. The Morgan fingerprint density at radius 3 is 2.57 bits per heavy atom. The lowest BCUT2D eigenvalue weighted by Crippen LogP contribution is -2.14. The van der Waals surface area contributed by atoms with Gasteiger partial charge in [-0.05, 0) is 68.0 Å². The molecule has 0 aliphatic heterocycles. The Hall–Kier alpha value is -3.85. The zero-order valence-electron chi connectivity index (χ0n) is 22.0. The molecule has 1 saturated carbocycles. The van der Waals surface area contributed by atoms with Crippen LogP contribution in [0.1, 0.15) is 45.0 Å². The predicted octanol–water partition coefficient (Wildman–Crippen LogP) is 5.59. The first kappa shape index (κ1) is 28.3. The van der Waals surface area contributed by atoms with Crippen molar-refractivity contribution in [2.24, 2.45) is 11.1 Å². The number of carbonyl (C=O) groups is 1. The van der Waals surface area contributed by atoms with Crippen LogP contribution in [0.4, 0.5) is 8.78 Å². The minimum absolute atomic E-state index is 0.116. The Morgan fingerprint density at radius 1 is 1.17 bits per heavy atom. The van der Waals surface area contributed by atoms with Gasteiger partial charge in [0.1, 0.15) is 21.5 Å². The van der Waals surface area contributed by atoms with Gasteiger partial charge in [-0.25, -0.2) is 41.8 Å². The number of rotatable bonds is 9. The second kappa shape index (κ2) is 10.8. The fourth-order valence-corrected chi connectivity index (χ4v) is 6.87. The van der Waals surface area contributed by atoms with Gasteiger partial charge < -0.3 is 5.11 Å². The minimum Gasteiger partial charge on any atom is -0.476 e. The number of hydrogen-bond donors (Lipinski definition) is 2. The monoisotopic (exact) mass is 627 g/mol. The molecule has 0 atom stereocenters. The van der Waals surface area contributed by atoms with E-state index in [1.807, 2.05) is 6.92 Å². The Morgan fingerprint density at radius 2 is 1.95 bits per heavy atom. The molecule has 1 aliphatic carbocycles. The van der Waals surface area contributed by atoms with E-state index in [9.17, 15) is 27.1 Å². The lowest BCUT2D eigenvalue weighted by atomic mass is 9.96.